The van der Waals surface area contributed by atoms with Crippen LogP contribution in [0, 0.1) is 5.92 Å². The van der Waals surface area contributed by atoms with Gasteiger partial charge < -0.3 is 21.1 Å². The van der Waals surface area contributed by atoms with Crippen LogP contribution in [0.15, 0.2) is 0 Å². The molecular weight excluding hydrogens is 234 g/mol. The molecule has 6 nitrogen and oxygen atoms in total. The van der Waals surface area contributed by atoms with Crippen molar-refractivity contribution < 1.29 is 14.3 Å². The molecule has 0 saturated heterocycles. The first kappa shape index (κ1) is 16.7. The highest BCUT2D eigenvalue weighted by Crippen LogP contribution is 2.06. The van der Waals surface area contributed by atoms with Crippen LogP contribution in [0.1, 0.15) is 34.6 Å². The summed E-state index contributed by atoms with van der Waals surface area (Å²) in [6, 6.07) is -0.583. The SMILES string of the molecule is CC(C)CNC(CNC(=O)OC(C)(C)C)C(N)=O. The number of ether oxygens (including phenoxy) is 1. The highest BCUT2D eigenvalue weighted by atomic mass is 16.6. The fourth-order valence-electron chi connectivity index (χ4n) is 1.15. The Morgan fingerprint density at radius 1 is 1.22 bits per heavy atom. The van der Waals surface area contributed by atoms with E-state index in [2.05, 4.69) is 10.6 Å². The van der Waals surface area contributed by atoms with Crippen LogP contribution in [0.2, 0.25) is 0 Å². The van der Waals surface area contributed by atoms with Gasteiger partial charge in [0.15, 0.2) is 0 Å². The number of nitrogens with one attached hydrogen (secondary N) is 2. The Morgan fingerprint density at radius 2 is 1.78 bits per heavy atom. The van der Waals surface area contributed by atoms with Gasteiger partial charge in [-0.1, -0.05) is 13.8 Å². The molecule has 4 N–H and O–H groups in total. The average Bonchev–Trinajstić information content (AvgIpc) is 2.13. The van der Waals surface area contributed by atoms with Crippen LogP contribution < -0.4 is 16.4 Å². The molecule has 0 aromatic heterocycles. The van der Waals surface area contributed by atoms with Gasteiger partial charge in [-0.15, -0.1) is 0 Å². The summed E-state index contributed by atoms with van der Waals surface area (Å²) < 4.78 is 5.06. The Balaban J connectivity index is 4.11. The molecule has 0 spiro atoms. The predicted molar refractivity (Wildman–Crippen MR) is 70.1 cm³/mol. The maximum Gasteiger partial charge on any atom is 0.407 e. The minimum Gasteiger partial charge on any atom is -0.444 e. The number of carbonyl (C=O) groups is 2. The second-order valence-electron chi connectivity index (χ2n) is 5.64. The first-order valence-electron chi connectivity index (χ1n) is 6.11. The molecule has 0 saturated carbocycles. The van der Waals surface area contributed by atoms with E-state index in [-0.39, 0.29) is 6.54 Å². The summed E-state index contributed by atoms with van der Waals surface area (Å²) in [7, 11) is 0. The fraction of sp³-hybridized carbons (Fsp3) is 0.833. The molecule has 0 radical (unpaired) electrons. The van der Waals surface area contributed by atoms with Crippen LogP contribution in [0.5, 0.6) is 0 Å². The number of hydrogen-bond donors (Lipinski definition) is 3. The van der Waals surface area contributed by atoms with Crippen LogP contribution >= 0.6 is 0 Å². The molecule has 0 fully saturated rings. The number of hydrogen-bond acceptors (Lipinski definition) is 4. The topological polar surface area (TPSA) is 93.4 Å². The Kier molecular flexibility index (Phi) is 6.68. The lowest BCUT2D eigenvalue weighted by Gasteiger charge is -2.21. The lowest BCUT2D eigenvalue weighted by Crippen LogP contribution is -2.50. The zero-order valence-electron chi connectivity index (χ0n) is 11.9. The van der Waals surface area contributed by atoms with Crippen LogP contribution in [0.25, 0.3) is 0 Å². The van der Waals surface area contributed by atoms with Gasteiger partial charge in [0.05, 0.1) is 0 Å². The zero-order chi connectivity index (χ0) is 14.3. The molecular formula is C12H25N3O3. The van der Waals surface area contributed by atoms with Gasteiger partial charge in [-0.2, -0.15) is 0 Å². The summed E-state index contributed by atoms with van der Waals surface area (Å²) in [5, 5.41) is 5.51. The van der Waals surface area contributed by atoms with Crippen LogP contribution in [0.3, 0.4) is 0 Å². The van der Waals surface area contributed by atoms with Gasteiger partial charge in [0.25, 0.3) is 0 Å². The second-order valence-corrected chi connectivity index (χ2v) is 5.64. The van der Waals surface area contributed by atoms with Crippen LogP contribution in [0.4, 0.5) is 4.79 Å². The van der Waals surface area contributed by atoms with Crippen molar-refractivity contribution in [3.05, 3.63) is 0 Å². The molecule has 0 aliphatic heterocycles. The Bertz CT molecular complexity index is 285. The molecule has 0 heterocycles. The van der Waals surface area contributed by atoms with Crippen LogP contribution in [-0.2, 0) is 9.53 Å². The third-order valence-corrected chi connectivity index (χ3v) is 1.97. The molecule has 18 heavy (non-hydrogen) atoms. The van der Waals surface area contributed by atoms with E-state index in [1.165, 1.54) is 0 Å². The van der Waals surface area contributed by atoms with Crippen molar-refractivity contribution in [2.24, 2.45) is 11.7 Å². The summed E-state index contributed by atoms with van der Waals surface area (Å²) in [6.45, 7) is 10.1. The summed E-state index contributed by atoms with van der Waals surface area (Å²) in [6.07, 6.45) is -0.555. The third-order valence-electron chi connectivity index (χ3n) is 1.97. The second kappa shape index (κ2) is 7.20. The molecule has 1 unspecified atom stereocenters. The molecule has 0 aliphatic carbocycles. The van der Waals surface area contributed by atoms with E-state index in [1.54, 1.807) is 20.8 Å². The van der Waals surface area contributed by atoms with Gasteiger partial charge in [0.1, 0.15) is 11.6 Å². The largest absolute Gasteiger partial charge is 0.444 e. The summed E-state index contributed by atoms with van der Waals surface area (Å²) in [4.78, 5) is 22.6. The molecule has 1 atom stereocenters. The van der Waals surface area contributed by atoms with Crippen molar-refractivity contribution in [2.45, 2.75) is 46.3 Å². The molecule has 0 aromatic rings. The van der Waals surface area contributed by atoms with Gasteiger partial charge in [0, 0.05) is 6.54 Å². The van der Waals surface area contributed by atoms with E-state index in [1.807, 2.05) is 13.8 Å². The average molecular weight is 259 g/mol. The molecule has 0 aliphatic rings. The number of primary amides is 1. The molecule has 0 bridgehead atoms. The van der Waals surface area contributed by atoms with E-state index in [4.69, 9.17) is 10.5 Å². The first-order valence-corrected chi connectivity index (χ1v) is 6.11. The molecule has 6 heteroatoms. The summed E-state index contributed by atoms with van der Waals surface area (Å²) >= 11 is 0. The van der Waals surface area contributed by atoms with Crippen LogP contribution in [-0.4, -0.2) is 36.7 Å². The minimum atomic E-state index is -0.583. The Labute approximate surface area is 109 Å². The monoisotopic (exact) mass is 259 g/mol. The zero-order valence-corrected chi connectivity index (χ0v) is 11.9. The van der Waals surface area contributed by atoms with Gasteiger partial charge in [-0.25, -0.2) is 4.79 Å². The van der Waals surface area contributed by atoms with Gasteiger partial charge >= 0.3 is 6.09 Å². The number of carbonyl (C=O) groups excluding carboxylic acids is 2. The van der Waals surface area contributed by atoms with Gasteiger partial charge in [0.2, 0.25) is 5.91 Å². The lowest BCUT2D eigenvalue weighted by atomic mass is 10.2. The van der Waals surface area contributed by atoms with E-state index >= 15 is 0 Å². The van der Waals surface area contributed by atoms with E-state index in [0.717, 1.165) is 0 Å². The lowest BCUT2D eigenvalue weighted by molar-refractivity contribution is -0.119. The fourth-order valence-corrected chi connectivity index (χ4v) is 1.15. The normalized spacial score (nSPS) is 13.2. The molecule has 106 valence electrons. The van der Waals surface area contributed by atoms with Gasteiger partial charge in [-0.05, 0) is 33.2 Å². The predicted octanol–water partition coefficient (Wildman–Crippen LogP) is 0.611. The van der Waals surface area contributed by atoms with Crippen molar-refractivity contribution in [1.29, 1.82) is 0 Å². The van der Waals surface area contributed by atoms with Crippen molar-refractivity contribution >= 4 is 12.0 Å². The number of rotatable bonds is 6. The third kappa shape index (κ3) is 8.81. The Morgan fingerprint density at radius 3 is 2.17 bits per heavy atom. The molecule has 0 aromatic carbocycles. The standard InChI is InChI=1S/C12H25N3O3/c1-8(2)6-14-9(10(13)16)7-15-11(17)18-12(3,4)5/h8-9,14H,6-7H2,1-5H3,(H2,13,16)(H,15,17). The Hall–Kier alpha value is -1.30. The molecule has 2 amide bonds. The van der Waals surface area contributed by atoms with Crippen molar-refractivity contribution in [2.75, 3.05) is 13.1 Å². The number of amides is 2. The summed E-state index contributed by atoms with van der Waals surface area (Å²) in [5.74, 6) is -0.0971. The maximum absolute atomic E-state index is 11.4. The number of nitrogens with two attached hydrogens (primary N) is 1. The molecule has 0 rings (SSSR count). The van der Waals surface area contributed by atoms with Crippen molar-refractivity contribution in [3.63, 3.8) is 0 Å². The highest BCUT2D eigenvalue weighted by molar-refractivity contribution is 5.81. The van der Waals surface area contributed by atoms with E-state index in [9.17, 15) is 9.59 Å². The number of alkyl carbamates (subject to hydrolysis) is 1. The summed E-state index contributed by atoms with van der Waals surface area (Å²) in [5.41, 5.74) is 4.68. The smallest absolute Gasteiger partial charge is 0.407 e. The first-order chi connectivity index (χ1) is 8.11. The maximum atomic E-state index is 11.4. The van der Waals surface area contributed by atoms with Gasteiger partial charge in [-0.3, -0.25) is 4.79 Å². The van der Waals surface area contributed by atoms with Crippen molar-refractivity contribution in [1.82, 2.24) is 10.6 Å². The highest BCUT2D eigenvalue weighted by Gasteiger charge is 2.19. The quantitative estimate of drug-likeness (QED) is 0.651. The van der Waals surface area contributed by atoms with E-state index < -0.39 is 23.6 Å². The minimum absolute atomic E-state index is 0.122. The van der Waals surface area contributed by atoms with E-state index in [0.29, 0.717) is 12.5 Å². The van der Waals surface area contributed by atoms with Crippen molar-refractivity contribution in [3.8, 4) is 0 Å².